The molecule has 1 unspecified atom stereocenters. The normalized spacial score (nSPS) is 23.2. The number of hydrogen-bond donors (Lipinski definition) is 1. The van der Waals surface area contributed by atoms with Gasteiger partial charge in [0, 0.05) is 31.2 Å². The third kappa shape index (κ3) is 4.04. The first kappa shape index (κ1) is 13.9. The molecule has 0 saturated carbocycles. The van der Waals surface area contributed by atoms with Crippen LogP contribution in [0.25, 0.3) is 0 Å². The Morgan fingerprint density at radius 1 is 1.31 bits per heavy atom. The number of hydrogen-bond acceptors (Lipinski definition) is 3. The highest BCUT2D eigenvalue weighted by Gasteiger charge is 2.27. The Morgan fingerprint density at radius 2 is 2.00 bits per heavy atom. The van der Waals surface area contributed by atoms with Crippen molar-refractivity contribution in [3.05, 3.63) is 0 Å². The third-order valence-corrected chi connectivity index (χ3v) is 3.45. The van der Waals surface area contributed by atoms with Crippen LogP contribution in [0, 0.1) is 0 Å². The molecule has 0 spiro atoms. The SMILES string of the molecule is CCC(CC)N1CCOCC1CNC(C)C. The molecule has 0 aromatic heterocycles. The molecule has 0 aromatic rings. The van der Waals surface area contributed by atoms with Gasteiger partial charge in [0.2, 0.25) is 0 Å². The number of ether oxygens (including phenoxy) is 1. The van der Waals surface area contributed by atoms with Crippen LogP contribution in [0.5, 0.6) is 0 Å². The van der Waals surface area contributed by atoms with Crippen LogP contribution >= 0.6 is 0 Å². The van der Waals surface area contributed by atoms with Crippen LogP contribution < -0.4 is 5.32 Å². The molecular weight excluding hydrogens is 200 g/mol. The standard InChI is InChI=1S/C13H28N2O/c1-5-12(6-2)15-7-8-16-10-13(15)9-14-11(3)4/h11-14H,5-10H2,1-4H3. The smallest absolute Gasteiger partial charge is 0.0635 e. The predicted molar refractivity (Wildman–Crippen MR) is 68.8 cm³/mol. The summed E-state index contributed by atoms with van der Waals surface area (Å²) in [6.07, 6.45) is 2.49. The third-order valence-electron chi connectivity index (χ3n) is 3.45. The van der Waals surface area contributed by atoms with Crippen molar-refractivity contribution in [3.63, 3.8) is 0 Å². The second-order valence-electron chi connectivity index (χ2n) is 5.00. The molecule has 0 radical (unpaired) electrons. The second kappa shape index (κ2) is 7.25. The number of rotatable bonds is 6. The largest absolute Gasteiger partial charge is 0.378 e. The maximum Gasteiger partial charge on any atom is 0.0635 e. The predicted octanol–water partition coefficient (Wildman–Crippen LogP) is 1.87. The van der Waals surface area contributed by atoms with E-state index >= 15 is 0 Å². The van der Waals surface area contributed by atoms with Crippen molar-refractivity contribution in [1.29, 1.82) is 0 Å². The van der Waals surface area contributed by atoms with E-state index in [-0.39, 0.29) is 0 Å². The van der Waals surface area contributed by atoms with Crippen LogP contribution in [-0.4, -0.2) is 49.3 Å². The van der Waals surface area contributed by atoms with E-state index in [1.54, 1.807) is 0 Å². The summed E-state index contributed by atoms with van der Waals surface area (Å²) >= 11 is 0. The first-order valence-electron chi connectivity index (χ1n) is 6.75. The van der Waals surface area contributed by atoms with Gasteiger partial charge in [0.1, 0.15) is 0 Å². The number of morpholine rings is 1. The van der Waals surface area contributed by atoms with Crippen molar-refractivity contribution in [1.82, 2.24) is 10.2 Å². The van der Waals surface area contributed by atoms with Gasteiger partial charge in [-0.25, -0.2) is 0 Å². The molecule has 1 atom stereocenters. The van der Waals surface area contributed by atoms with E-state index in [1.165, 1.54) is 12.8 Å². The van der Waals surface area contributed by atoms with Gasteiger partial charge in [0.05, 0.1) is 13.2 Å². The lowest BCUT2D eigenvalue weighted by atomic mass is 10.1. The molecule has 1 heterocycles. The van der Waals surface area contributed by atoms with E-state index in [1.807, 2.05) is 0 Å². The molecule has 0 bridgehead atoms. The van der Waals surface area contributed by atoms with Crippen LogP contribution in [0.4, 0.5) is 0 Å². The Bertz CT molecular complexity index is 181. The molecule has 1 saturated heterocycles. The summed E-state index contributed by atoms with van der Waals surface area (Å²) in [5.41, 5.74) is 0. The summed E-state index contributed by atoms with van der Waals surface area (Å²) in [5.74, 6) is 0. The van der Waals surface area contributed by atoms with E-state index in [0.717, 1.165) is 32.3 Å². The molecule has 3 heteroatoms. The minimum absolute atomic E-state index is 0.557. The van der Waals surface area contributed by atoms with Crippen molar-refractivity contribution in [3.8, 4) is 0 Å². The molecule has 1 N–H and O–H groups in total. The Balaban J connectivity index is 2.49. The molecular formula is C13H28N2O. The molecule has 1 aliphatic heterocycles. The summed E-state index contributed by atoms with van der Waals surface area (Å²) in [6, 6.07) is 1.84. The molecule has 1 rings (SSSR count). The zero-order valence-corrected chi connectivity index (χ0v) is 11.3. The molecule has 0 aromatic carbocycles. The lowest BCUT2D eigenvalue weighted by Gasteiger charge is -2.41. The van der Waals surface area contributed by atoms with Crippen molar-refractivity contribution in [2.75, 3.05) is 26.3 Å². The van der Waals surface area contributed by atoms with Crippen molar-refractivity contribution in [2.45, 2.75) is 58.7 Å². The van der Waals surface area contributed by atoms with Gasteiger partial charge in [-0.05, 0) is 12.8 Å². The van der Waals surface area contributed by atoms with Gasteiger partial charge in [0.25, 0.3) is 0 Å². The van der Waals surface area contributed by atoms with Crippen LogP contribution in [0.15, 0.2) is 0 Å². The maximum absolute atomic E-state index is 5.60. The average Bonchev–Trinajstić information content (AvgIpc) is 2.29. The van der Waals surface area contributed by atoms with Crippen molar-refractivity contribution in [2.24, 2.45) is 0 Å². The summed E-state index contributed by atoms with van der Waals surface area (Å²) in [7, 11) is 0. The Hall–Kier alpha value is -0.120. The first-order chi connectivity index (χ1) is 7.69. The molecule has 96 valence electrons. The van der Waals surface area contributed by atoms with Gasteiger partial charge in [-0.2, -0.15) is 0 Å². The topological polar surface area (TPSA) is 24.5 Å². The van der Waals surface area contributed by atoms with Crippen LogP contribution in [-0.2, 0) is 4.74 Å². The number of nitrogens with one attached hydrogen (secondary N) is 1. The molecule has 3 nitrogen and oxygen atoms in total. The fourth-order valence-electron chi connectivity index (χ4n) is 2.45. The van der Waals surface area contributed by atoms with Crippen molar-refractivity contribution >= 4 is 0 Å². The molecule has 0 amide bonds. The molecule has 16 heavy (non-hydrogen) atoms. The lowest BCUT2D eigenvalue weighted by molar-refractivity contribution is -0.0301. The van der Waals surface area contributed by atoms with Crippen molar-refractivity contribution < 1.29 is 4.74 Å². The van der Waals surface area contributed by atoms with E-state index < -0.39 is 0 Å². The van der Waals surface area contributed by atoms with Crippen LogP contribution in [0.1, 0.15) is 40.5 Å². The average molecular weight is 228 g/mol. The molecule has 0 aliphatic carbocycles. The van der Waals surface area contributed by atoms with E-state index in [4.69, 9.17) is 4.74 Å². The van der Waals surface area contributed by atoms with E-state index in [2.05, 4.69) is 37.9 Å². The van der Waals surface area contributed by atoms with Crippen LogP contribution in [0.2, 0.25) is 0 Å². The summed E-state index contributed by atoms with van der Waals surface area (Å²) < 4.78 is 5.60. The fourth-order valence-corrected chi connectivity index (χ4v) is 2.45. The first-order valence-corrected chi connectivity index (χ1v) is 6.75. The van der Waals surface area contributed by atoms with Gasteiger partial charge in [0.15, 0.2) is 0 Å². The van der Waals surface area contributed by atoms with E-state index in [9.17, 15) is 0 Å². The Labute approximate surface area is 101 Å². The zero-order chi connectivity index (χ0) is 12.0. The molecule has 1 fully saturated rings. The van der Waals surface area contributed by atoms with Gasteiger partial charge < -0.3 is 10.1 Å². The summed E-state index contributed by atoms with van der Waals surface area (Å²) in [6.45, 7) is 12.9. The highest BCUT2D eigenvalue weighted by Crippen LogP contribution is 2.15. The summed E-state index contributed by atoms with van der Waals surface area (Å²) in [4.78, 5) is 2.64. The molecule has 1 aliphatic rings. The van der Waals surface area contributed by atoms with Gasteiger partial charge in [-0.3, -0.25) is 4.90 Å². The Kier molecular flexibility index (Phi) is 6.32. The second-order valence-corrected chi connectivity index (χ2v) is 5.00. The highest BCUT2D eigenvalue weighted by molar-refractivity contribution is 4.82. The lowest BCUT2D eigenvalue weighted by Crippen LogP contribution is -2.54. The van der Waals surface area contributed by atoms with Crippen LogP contribution in [0.3, 0.4) is 0 Å². The number of nitrogens with zero attached hydrogens (tertiary/aromatic N) is 1. The maximum atomic E-state index is 5.60. The summed E-state index contributed by atoms with van der Waals surface area (Å²) in [5, 5.41) is 3.53. The van der Waals surface area contributed by atoms with Gasteiger partial charge in [-0.15, -0.1) is 0 Å². The quantitative estimate of drug-likeness (QED) is 0.751. The highest BCUT2D eigenvalue weighted by atomic mass is 16.5. The van der Waals surface area contributed by atoms with Gasteiger partial charge >= 0.3 is 0 Å². The minimum Gasteiger partial charge on any atom is -0.378 e. The Morgan fingerprint density at radius 3 is 2.56 bits per heavy atom. The van der Waals surface area contributed by atoms with Gasteiger partial charge in [-0.1, -0.05) is 27.7 Å². The minimum atomic E-state index is 0.557. The van der Waals surface area contributed by atoms with E-state index in [0.29, 0.717) is 12.1 Å². The monoisotopic (exact) mass is 228 g/mol. The fraction of sp³-hybridized carbons (Fsp3) is 1.00. The zero-order valence-electron chi connectivity index (χ0n) is 11.3.